The Morgan fingerprint density at radius 2 is 2.50 bits per heavy atom. The summed E-state index contributed by atoms with van der Waals surface area (Å²) in [6.45, 7) is 1.77. The maximum absolute atomic E-state index is 10.6. The van der Waals surface area contributed by atoms with Crippen LogP contribution in [0.4, 0.5) is 4.79 Å². The normalized spacial score (nSPS) is 38.2. The zero-order valence-electron chi connectivity index (χ0n) is 5.59. The molecule has 2 atom stereocenters. The third kappa shape index (κ3) is 0.844. The van der Waals surface area contributed by atoms with E-state index in [0.717, 1.165) is 19.5 Å². The van der Waals surface area contributed by atoms with E-state index >= 15 is 0 Å². The van der Waals surface area contributed by atoms with E-state index in [-0.39, 0.29) is 18.2 Å². The van der Waals surface area contributed by atoms with Crippen LogP contribution in [-0.2, 0) is 4.74 Å². The van der Waals surface area contributed by atoms with E-state index in [2.05, 4.69) is 10.6 Å². The van der Waals surface area contributed by atoms with Crippen LogP contribution in [0.15, 0.2) is 0 Å². The number of hydrogen-bond acceptors (Lipinski definition) is 3. The number of hydrogen-bond donors (Lipinski definition) is 2. The van der Waals surface area contributed by atoms with E-state index in [1.54, 1.807) is 0 Å². The van der Waals surface area contributed by atoms with E-state index in [0.29, 0.717) is 0 Å². The lowest BCUT2D eigenvalue weighted by Crippen LogP contribution is -2.45. The van der Waals surface area contributed by atoms with Gasteiger partial charge in [0.15, 0.2) is 0 Å². The molecule has 2 heterocycles. The molecule has 2 aliphatic heterocycles. The van der Waals surface area contributed by atoms with Crippen LogP contribution in [0, 0.1) is 0 Å². The number of rotatable bonds is 0. The average Bonchev–Trinajstić information content (AvgIpc) is 2.27. The monoisotopic (exact) mass is 142 g/mol. The molecular formula is C6H10N2O2. The van der Waals surface area contributed by atoms with Crippen LogP contribution in [0.1, 0.15) is 6.42 Å². The van der Waals surface area contributed by atoms with Gasteiger partial charge in [-0.1, -0.05) is 0 Å². The van der Waals surface area contributed by atoms with Crippen LogP contribution in [0.5, 0.6) is 0 Å². The molecule has 0 saturated carbocycles. The summed E-state index contributed by atoms with van der Waals surface area (Å²) in [6, 6.07) is 0.258. The molecule has 10 heavy (non-hydrogen) atoms. The molecule has 0 aliphatic carbocycles. The zero-order valence-corrected chi connectivity index (χ0v) is 5.59. The highest BCUT2D eigenvalue weighted by atomic mass is 16.6. The molecule has 0 aromatic heterocycles. The summed E-state index contributed by atoms with van der Waals surface area (Å²) in [7, 11) is 0. The van der Waals surface area contributed by atoms with Crippen LogP contribution < -0.4 is 10.6 Å². The van der Waals surface area contributed by atoms with E-state index in [4.69, 9.17) is 4.74 Å². The van der Waals surface area contributed by atoms with Crippen molar-refractivity contribution in [3.05, 3.63) is 0 Å². The molecule has 2 fully saturated rings. The first-order chi connectivity index (χ1) is 4.86. The summed E-state index contributed by atoms with van der Waals surface area (Å²) < 4.78 is 4.95. The molecule has 4 nitrogen and oxygen atoms in total. The fourth-order valence-electron chi connectivity index (χ4n) is 1.44. The molecule has 0 aromatic carbocycles. The van der Waals surface area contributed by atoms with Crippen LogP contribution in [0.2, 0.25) is 0 Å². The molecule has 1 amide bonds. The number of piperidine rings is 1. The number of alkyl carbamates (subject to hydrolysis) is 1. The minimum atomic E-state index is -0.265. The van der Waals surface area contributed by atoms with E-state index in [1.807, 2.05) is 0 Å². The first-order valence-electron chi connectivity index (χ1n) is 3.54. The van der Waals surface area contributed by atoms with Gasteiger partial charge in [-0.3, -0.25) is 0 Å². The molecule has 0 aromatic rings. The van der Waals surface area contributed by atoms with Gasteiger partial charge in [0.1, 0.15) is 6.10 Å². The highest BCUT2D eigenvalue weighted by molar-refractivity contribution is 5.70. The standard InChI is InChI=1S/C6H10N2O2/c9-6-8-4-1-2-7-3-5(4)10-6/h4-5,7H,1-3H2,(H,8,9)/t4-,5-/m1/s1. The number of carbonyl (C=O) groups is 1. The van der Waals surface area contributed by atoms with Gasteiger partial charge < -0.3 is 15.4 Å². The molecular weight excluding hydrogens is 132 g/mol. The quantitative estimate of drug-likeness (QED) is 0.477. The Morgan fingerprint density at radius 1 is 1.60 bits per heavy atom. The summed E-state index contributed by atoms with van der Waals surface area (Å²) in [4.78, 5) is 10.6. The Kier molecular flexibility index (Phi) is 1.27. The van der Waals surface area contributed by atoms with E-state index in [9.17, 15) is 4.79 Å². The van der Waals surface area contributed by atoms with Gasteiger partial charge >= 0.3 is 6.09 Å². The van der Waals surface area contributed by atoms with Crippen molar-refractivity contribution in [2.75, 3.05) is 13.1 Å². The Morgan fingerprint density at radius 3 is 3.30 bits per heavy atom. The van der Waals surface area contributed by atoms with Crippen LogP contribution in [0.3, 0.4) is 0 Å². The lowest BCUT2D eigenvalue weighted by atomic mass is 10.1. The van der Waals surface area contributed by atoms with Crippen LogP contribution in [-0.4, -0.2) is 31.3 Å². The van der Waals surface area contributed by atoms with Crippen molar-refractivity contribution >= 4 is 6.09 Å². The summed E-state index contributed by atoms with van der Waals surface area (Å²) >= 11 is 0. The number of carbonyl (C=O) groups excluding carboxylic acids is 1. The fraction of sp³-hybridized carbons (Fsp3) is 0.833. The molecule has 4 heteroatoms. The van der Waals surface area contributed by atoms with Crippen molar-refractivity contribution < 1.29 is 9.53 Å². The van der Waals surface area contributed by atoms with Gasteiger partial charge in [0.2, 0.25) is 0 Å². The van der Waals surface area contributed by atoms with Crippen molar-refractivity contribution in [3.63, 3.8) is 0 Å². The van der Waals surface area contributed by atoms with Crippen molar-refractivity contribution in [2.24, 2.45) is 0 Å². The topological polar surface area (TPSA) is 50.4 Å². The number of ether oxygens (including phenoxy) is 1. The first kappa shape index (κ1) is 5.97. The molecule has 2 rings (SSSR count). The Hall–Kier alpha value is -0.770. The van der Waals surface area contributed by atoms with Crippen LogP contribution >= 0.6 is 0 Å². The van der Waals surface area contributed by atoms with Gasteiger partial charge in [-0.05, 0) is 13.0 Å². The SMILES string of the molecule is O=C1N[C@@H]2CCNC[C@H]2O1. The lowest BCUT2D eigenvalue weighted by molar-refractivity contribution is 0.121. The average molecular weight is 142 g/mol. The summed E-state index contributed by atoms with van der Waals surface area (Å²) in [5.74, 6) is 0. The van der Waals surface area contributed by atoms with Crippen molar-refractivity contribution in [1.82, 2.24) is 10.6 Å². The zero-order chi connectivity index (χ0) is 6.97. The number of fused-ring (bicyclic) bond motifs is 1. The molecule has 2 N–H and O–H groups in total. The Bertz CT molecular complexity index is 144. The Labute approximate surface area is 58.9 Å². The summed E-state index contributed by atoms with van der Waals surface area (Å²) in [6.07, 6.45) is 0.788. The molecule has 56 valence electrons. The third-order valence-electron chi connectivity index (χ3n) is 1.99. The predicted molar refractivity (Wildman–Crippen MR) is 34.7 cm³/mol. The molecule has 0 bridgehead atoms. The van der Waals surface area contributed by atoms with E-state index < -0.39 is 0 Å². The van der Waals surface area contributed by atoms with Gasteiger partial charge in [-0.2, -0.15) is 0 Å². The maximum atomic E-state index is 10.6. The number of nitrogens with one attached hydrogen (secondary N) is 2. The lowest BCUT2D eigenvalue weighted by Gasteiger charge is -2.22. The molecule has 0 unspecified atom stereocenters. The fourth-order valence-corrected chi connectivity index (χ4v) is 1.44. The third-order valence-corrected chi connectivity index (χ3v) is 1.99. The second kappa shape index (κ2) is 2.12. The van der Waals surface area contributed by atoms with Gasteiger partial charge in [-0.25, -0.2) is 4.79 Å². The largest absolute Gasteiger partial charge is 0.443 e. The summed E-state index contributed by atoms with van der Waals surface area (Å²) in [5, 5.41) is 5.91. The van der Waals surface area contributed by atoms with E-state index in [1.165, 1.54) is 0 Å². The van der Waals surface area contributed by atoms with Gasteiger partial charge in [-0.15, -0.1) is 0 Å². The second-order valence-corrected chi connectivity index (χ2v) is 2.69. The van der Waals surface area contributed by atoms with Crippen LogP contribution in [0.25, 0.3) is 0 Å². The minimum Gasteiger partial charge on any atom is -0.443 e. The first-order valence-corrected chi connectivity index (χ1v) is 3.54. The molecule has 0 spiro atoms. The molecule has 0 radical (unpaired) electrons. The molecule has 2 saturated heterocycles. The van der Waals surface area contributed by atoms with Crippen molar-refractivity contribution in [2.45, 2.75) is 18.6 Å². The predicted octanol–water partition coefficient (Wildman–Crippen LogP) is -0.543. The smallest absolute Gasteiger partial charge is 0.407 e. The second-order valence-electron chi connectivity index (χ2n) is 2.69. The highest BCUT2D eigenvalue weighted by Crippen LogP contribution is 2.13. The van der Waals surface area contributed by atoms with Gasteiger partial charge in [0, 0.05) is 6.54 Å². The number of amides is 1. The minimum absolute atomic E-state index is 0.0706. The maximum Gasteiger partial charge on any atom is 0.407 e. The molecule has 2 aliphatic rings. The van der Waals surface area contributed by atoms with Crippen molar-refractivity contribution in [1.29, 1.82) is 0 Å². The summed E-state index contributed by atoms with van der Waals surface area (Å²) in [5.41, 5.74) is 0. The van der Waals surface area contributed by atoms with Gasteiger partial charge in [0.05, 0.1) is 6.04 Å². The highest BCUT2D eigenvalue weighted by Gasteiger charge is 2.35. The Balaban J connectivity index is 2.04. The van der Waals surface area contributed by atoms with Crippen molar-refractivity contribution in [3.8, 4) is 0 Å². The van der Waals surface area contributed by atoms with Gasteiger partial charge in [0.25, 0.3) is 0 Å².